The molecule has 0 radical (unpaired) electrons. The Labute approximate surface area is 132 Å². The van der Waals surface area contributed by atoms with E-state index in [2.05, 4.69) is 24.5 Å². The van der Waals surface area contributed by atoms with Crippen molar-refractivity contribution in [2.24, 2.45) is 11.3 Å². The van der Waals surface area contributed by atoms with Gasteiger partial charge in [-0.1, -0.05) is 26.0 Å². The van der Waals surface area contributed by atoms with Crippen LogP contribution in [0.3, 0.4) is 0 Å². The van der Waals surface area contributed by atoms with Crippen molar-refractivity contribution >= 4 is 17.5 Å². The maximum absolute atomic E-state index is 12.5. The van der Waals surface area contributed by atoms with Gasteiger partial charge in [0.05, 0.1) is 0 Å². The first-order chi connectivity index (χ1) is 10.4. The van der Waals surface area contributed by atoms with Crippen LogP contribution in [0.1, 0.15) is 44.2 Å². The number of aryl methyl sites for hydroxylation is 1. The van der Waals surface area contributed by atoms with Crippen LogP contribution in [-0.4, -0.2) is 18.4 Å². The van der Waals surface area contributed by atoms with Crippen LogP contribution in [0.15, 0.2) is 18.2 Å². The number of hydrogen-bond acceptors (Lipinski definition) is 2. The van der Waals surface area contributed by atoms with Gasteiger partial charge in [0.2, 0.25) is 11.8 Å². The van der Waals surface area contributed by atoms with Crippen LogP contribution in [0.25, 0.3) is 0 Å². The van der Waals surface area contributed by atoms with E-state index in [1.165, 1.54) is 0 Å². The Morgan fingerprint density at radius 3 is 2.45 bits per heavy atom. The minimum absolute atomic E-state index is 0.129. The number of carbonyl (C=O) groups is 2. The van der Waals surface area contributed by atoms with E-state index >= 15 is 0 Å². The van der Waals surface area contributed by atoms with Crippen LogP contribution in [0.5, 0.6) is 0 Å². The van der Waals surface area contributed by atoms with Gasteiger partial charge in [-0.2, -0.15) is 0 Å². The molecule has 0 atom stereocenters. The third-order valence-electron chi connectivity index (χ3n) is 4.48. The van der Waals surface area contributed by atoms with E-state index in [0.717, 1.165) is 23.2 Å². The maximum atomic E-state index is 12.5. The number of nitrogens with one attached hydrogen (secondary N) is 2. The Hall–Kier alpha value is -1.84. The van der Waals surface area contributed by atoms with Gasteiger partial charge < -0.3 is 10.6 Å². The van der Waals surface area contributed by atoms with Gasteiger partial charge in [0.25, 0.3) is 0 Å². The molecule has 2 rings (SSSR count). The summed E-state index contributed by atoms with van der Waals surface area (Å²) >= 11 is 0. The summed E-state index contributed by atoms with van der Waals surface area (Å²) in [6, 6.07) is 5.81. The first kappa shape index (κ1) is 16.5. The molecule has 0 aromatic heterocycles. The van der Waals surface area contributed by atoms with E-state index in [0.29, 0.717) is 25.3 Å². The molecule has 2 amide bonds. The Kier molecular flexibility index (Phi) is 4.89. The predicted octanol–water partition coefficient (Wildman–Crippen LogP) is 3.18. The van der Waals surface area contributed by atoms with E-state index in [1.54, 1.807) is 0 Å². The molecule has 1 aliphatic carbocycles. The standard InChI is InChI=1S/C18H26N2O2/c1-12(2)8-11-19-16(21)18(9-10-18)17(22)20-15-7-5-6-13(3)14(15)4/h5-7,12H,8-11H2,1-4H3,(H,19,21)(H,20,22). The zero-order valence-corrected chi connectivity index (χ0v) is 14.0. The number of anilines is 1. The monoisotopic (exact) mass is 302 g/mol. The minimum atomic E-state index is -0.854. The first-order valence-electron chi connectivity index (χ1n) is 8.03. The molecule has 0 spiro atoms. The van der Waals surface area contributed by atoms with Crippen molar-refractivity contribution in [3.05, 3.63) is 29.3 Å². The van der Waals surface area contributed by atoms with Crippen LogP contribution >= 0.6 is 0 Å². The van der Waals surface area contributed by atoms with Gasteiger partial charge in [-0.05, 0) is 56.2 Å². The van der Waals surface area contributed by atoms with Crippen LogP contribution in [-0.2, 0) is 9.59 Å². The average Bonchev–Trinajstić information content (AvgIpc) is 3.25. The third-order valence-corrected chi connectivity index (χ3v) is 4.48. The number of carbonyl (C=O) groups excluding carboxylic acids is 2. The van der Waals surface area contributed by atoms with E-state index < -0.39 is 5.41 Å². The molecule has 120 valence electrons. The summed E-state index contributed by atoms with van der Waals surface area (Å²) in [7, 11) is 0. The van der Waals surface area contributed by atoms with Crippen LogP contribution in [0.4, 0.5) is 5.69 Å². The first-order valence-corrected chi connectivity index (χ1v) is 8.03. The summed E-state index contributed by atoms with van der Waals surface area (Å²) < 4.78 is 0. The second-order valence-electron chi connectivity index (χ2n) is 6.72. The highest BCUT2D eigenvalue weighted by molar-refractivity contribution is 6.13. The molecule has 2 N–H and O–H groups in total. The lowest BCUT2D eigenvalue weighted by Crippen LogP contribution is -2.40. The highest BCUT2D eigenvalue weighted by Gasteiger charge is 2.56. The molecule has 4 nitrogen and oxygen atoms in total. The fourth-order valence-corrected chi connectivity index (χ4v) is 2.45. The Balaban J connectivity index is 1.99. The molecular formula is C18H26N2O2. The van der Waals surface area contributed by atoms with E-state index in [4.69, 9.17) is 0 Å². The molecule has 22 heavy (non-hydrogen) atoms. The quantitative estimate of drug-likeness (QED) is 0.793. The minimum Gasteiger partial charge on any atom is -0.355 e. The van der Waals surface area contributed by atoms with Crippen molar-refractivity contribution in [2.75, 3.05) is 11.9 Å². The average molecular weight is 302 g/mol. The Morgan fingerprint density at radius 1 is 1.18 bits per heavy atom. The lowest BCUT2D eigenvalue weighted by Gasteiger charge is -2.17. The summed E-state index contributed by atoms with van der Waals surface area (Å²) in [6.45, 7) is 8.86. The largest absolute Gasteiger partial charge is 0.355 e. The fraction of sp³-hybridized carbons (Fsp3) is 0.556. The number of hydrogen-bond donors (Lipinski definition) is 2. The van der Waals surface area contributed by atoms with Crippen LogP contribution in [0, 0.1) is 25.2 Å². The highest BCUT2D eigenvalue weighted by Crippen LogP contribution is 2.47. The molecule has 4 heteroatoms. The molecule has 0 aliphatic heterocycles. The van der Waals surface area contributed by atoms with Gasteiger partial charge in [-0.15, -0.1) is 0 Å². The molecule has 1 saturated carbocycles. The molecule has 1 aromatic carbocycles. The smallest absolute Gasteiger partial charge is 0.240 e. The second-order valence-corrected chi connectivity index (χ2v) is 6.72. The molecule has 0 bridgehead atoms. The number of benzene rings is 1. The number of rotatable bonds is 6. The molecule has 1 aliphatic rings. The van der Waals surface area contributed by atoms with Crippen molar-refractivity contribution in [3.63, 3.8) is 0 Å². The molecule has 0 heterocycles. The molecule has 0 unspecified atom stereocenters. The van der Waals surface area contributed by atoms with Gasteiger partial charge in [0.1, 0.15) is 5.41 Å². The van der Waals surface area contributed by atoms with Gasteiger partial charge >= 0.3 is 0 Å². The molecule has 0 saturated heterocycles. The third kappa shape index (κ3) is 3.49. The SMILES string of the molecule is Cc1cccc(NC(=O)C2(C(=O)NCCC(C)C)CC2)c1C. The van der Waals surface area contributed by atoms with E-state index in [1.807, 2.05) is 32.0 Å². The van der Waals surface area contributed by atoms with Crippen molar-refractivity contribution < 1.29 is 9.59 Å². The molecule has 1 aromatic rings. The highest BCUT2D eigenvalue weighted by atomic mass is 16.2. The molecular weight excluding hydrogens is 276 g/mol. The maximum Gasteiger partial charge on any atom is 0.240 e. The fourth-order valence-electron chi connectivity index (χ4n) is 2.45. The van der Waals surface area contributed by atoms with Gasteiger partial charge in [-0.25, -0.2) is 0 Å². The second kappa shape index (κ2) is 6.51. The van der Waals surface area contributed by atoms with Crippen molar-refractivity contribution in [1.29, 1.82) is 0 Å². The van der Waals surface area contributed by atoms with Gasteiger partial charge in [0, 0.05) is 12.2 Å². The van der Waals surface area contributed by atoms with Crippen LogP contribution in [0.2, 0.25) is 0 Å². The zero-order chi connectivity index (χ0) is 16.3. The summed E-state index contributed by atoms with van der Waals surface area (Å²) in [5.74, 6) is 0.235. The van der Waals surface area contributed by atoms with Crippen molar-refractivity contribution in [2.45, 2.75) is 47.0 Å². The molecule has 1 fully saturated rings. The van der Waals surface area contributed by atoms with Crippen molar-refractivity contribution in [3.8, 4) is 0 Å². The summed E-state index contributed by atoms with van der Waals surface area (Å²) in [4.78, 5) is 24.8. The van der Waals surface area contributed by atoms with Gasteiger partial charge in [-0.3, -0.25) is 9.59 Å². The summed E-state index contributed by atoms with van der Waals surface area (Å²) in [5.41, 5.74) is 2.12. The lowest BCUT2D eigenvalue weighted by atomic mass is 10.0. The number of amides is 2. The lowest BCUT2D eigenvalue weighted by molar-refractivity contribution is -0.134. The summed E-state index contributed by atoms with van der Waals surface area (Å²) in [6.07, 6.45) is 2.20. The van der Waals surface area contributed by atoms with Crippen LogP contribution < -0.4 is 10.6 Å². The Bertz CT molecular complexity index is 574. The zero-order valence-electron chi connectivity index (χ0n) is 14.0. The van der Waals surface area contributed by atoms with Gasteiger partial charge in [0.15, 0.2) is 0 Å². The Morgan fingerprint density at radius 2 is 1.86 bits per heavy atom. The van der Waals surface area contributed by atoms with E-state index in [-0.39, 0.29) is 11.8 Å². The normalized spacial score (nSPS) is 15.5. The topological polar surface area (TPSA) is 58.2 Å². The van der Waals surface area contributed by atoms with E-state index in [9.17, 15) is 9.59 Å². The van der Waals surface area contributed by atoms with Crippen molar-refractivity contribution in [1.82, 2.24) is 5.32 Å². The predicted molar refractivity (Wildman–Crippen MR) is 88.7 cm³/mol. The summed E-state index contributed by atoms with van der Waals surface area (Å²) in [5, 5.41) is 5.84.